The zero-order chi connectivity index (χ0) is 11.8. The van der Waals surface area contributed by atoms with E-state index in [0.29, 0.717) is 5.56 Å². The quantitative estimate of drug-likeness (QED) is 0.441. The van der Waals surface area contributed by atoms with E-state index in [0.717, 1.165) is 0 Å². The Bertz CT molecular complexity index is 409. The Labute approximate surface area is 93.4 Å². The lowest BCUT2D eigenvalue weighted by Gasteiger charge is -2.09. The molecule has 0 aliphatic heterocycles. The average Bonchev–Trinajstić information content (AvgIpc) is 2.31. The van der Waals surface area contributed by atoms with Crippen molar-refractivity contribution in [2.75, 3.05) is 6.61 Å². The van der Waals surface area contributed by atoms with Crippen molar-refractivity contribution >= 4 is 5.97 Å². The Balaban J connectivity index is 2.93. The van der Waals surface area contributed by atoms with Gasteiger partial charge in [0, 0.05) is 0 Å². The number of hydrogen-bond acceptors (Lipinski definition) is 5. The molecule has 1 aromatic carbocycles. The van der Waals surface area contributed by atoms with E-state index in [1.54, 1.807) is 31.2 Å². The van der Waals surface area contributed by atoms with Crippen LogP contribution in [0.5, 0.6) is 0 Å². The number of benzene rings is 1. The van der Waals surface area contributed by atoms with Crippen molar-refractivity contribution in [3.8, 4) is 6.19 Å². The van der Waals surface area contributed by atoms with Crippen molar-refractivity contribution in [1.29, 1.82) is 5.26 Å². The number of carbonyl (C=O) groups excluding carboxylic acids is 1. The van der Waals surface area contributed by atoms with Crippen LogP contribution in [0, 0.1) is 11.5 Å². The third-order valence-electron chi connectivity index (χ3n) is 1.84. The highest BCUT2D eigenvalue weighted by molar-refractivity contribution is 5.77. The van der Waals surface area contributed by atoms with Crippen molar-refractivity contribution < 1.29 is 9.53 Å². The largest absolute Gasteiger partial charge is 0.464 e. The van der Waals surface area contributed by atoms with E-state index in [4.69, 9.17) is 10.00 Å². The van der Waals surface area contributed by atoms with Crippen LogP contribution in [-0.4, -0.2) is 12.6 Å². The molecule has 1 aromatic rings. The van der Waals surface area contributed by atoms with Crippen LogP contribution >= 0.6 is 0 Å². The van der Waals surface area contributed by atoms with E-state index >= 15 is 0 Å². The third kappa shape index (κ3) is 3.17. The first kappa shape index (κ1) is 11.9. The lowest BCUT2D eigenvalue weighted by atomic mass is 10.1. The molecule has 0 amide bonds. The minimum Gasteiger partial charge on any atom is -0.464 e. The molecule has 0 radical (unpaired) electrons. The van der Waals surface area contributed by atoms with Crippen LogP contribution in [0.25, 0.3) is 0 Å². The van der Waals surface area contributed by atoms with Gasteiger partial charge in [0.2, 0.25) is 6.19 Å². The number of azo groups is 1. The molecule has 0 bridgehead atoms. The van der Waals surface area contributed by atoms with Gasteiger partial charge in [0.25, 0.3) is 0 Å². The van der Waals surface area contributed by atoms with Gasteiger partial charge in [-0.05, 0) is 12.5 Å². The van der Waals surface area contributed by atoms with Gasteiger partial charge in [-0.15, -0.1) is 0 Å². The van der Waals surface area contributed by atoms with Crippen molar-refractivity contribution in [2.45, 2.75) is 13.0 Å². The highest BCUT2D eigenvalue weighted by Crippen LogP contribution is 2.19. The zero-order valence-corrected chi connectivity index (χ0v) is 8.83. The van der Waals surface area contributed by atoms with Crippen LogP contribution in [0.3, 0.4) is 0 Å². The highest BCUT2D eigenvalue weighted by Gasteiger charge is 2.21. The van der Waals surface area contributed by atoms with Crippen LogP contribution in [-0.2, 0) is 9.53 Å². The van der Waals surface area contributed by atoms with E-state index in [1.807, 2.05) is 6.07 Å². The third-order valence-corrected chi connectivity index (χ3v) is 1.84. The summed E-state index contributed by atoms with van der Waals surface area (Å²) < 4.78 is 4.85. The van der Waals surface area contributed by atoms with E-state index in [9.17, 15) is 4.79 Å². The number of ether oxygens (including phenoxy) is 1. The molecule has 0 heterocycles. The molecule has 1 atom stereocenters. The number of nitriles is 1. The monoisotopic (exact) mass is 217 g/mol. The fourth-order valence-electron chi connectivity index (χ4n) is 1.19. The molecule has 0 aliphatic rings. The van der Waals surface area contributed by atoms with Gasteiger partial charge in [-0.25, -0.2) is 4.79 Å². The lowest BCUT2D eigenvalue weighted by molar-refractivity contribution is -0.144. The molecule has 0 aliphatic carbocycles. The predicted octanol–water partition coefficient (Wildman–Crippen LogP) is 2.22. The molecule has 0 saturated heterocycles. The number of nitrogens with zero attached hydrogens (tertiary/aromatic N) is 3. The fourth-order valence-corrected chi connectivity index (χ4v) is 1.19. The number of hydrogen-bond donors (Lipinski definition) is 0. The second-order valence-corrected chi connectivity index (χ2v) is 2.88. The first-order chi connectivity index (χ1) is 7.79. The molecule has 16 heavy (non-hydrogen) atoms. The number of carbonyl (C=O) groups is 1. The molecule has 0 aromatic heterocycles. The molecule has 0 saturated carbocycles. The maximum Gasteiger partial charge on any atom is 0.337 e. The Kier molecular flexibility index (Phi) is 4.67. The minimum absolute atomic E-state index is 0.268. The van der Waals surface area contributed by atoms with E-state index < -0.39 is 12.0 Å². The average molecular weight is 217 g/mol. The highest BCUT2D eigenvalue weighted by atomic mass is 16.5. The molecule has 0 fully saturated rings. The summed E-state index contributed by atoms with van der Waals surface area (Å²) in [5, 5.41) is 15.1. The lowest BCUT2D eigenvalue weighted by Crippen LogP contribution is -2.13. The Morgan fingerprint density at radius 1 is 1.50 bits per heavy atom. The van der Waals surface area contributed by atoms with Crippen molar-refractivity contribution in [3.05, 3.63) is 35.9 Å². The first-order valence-corrected chi connectivity index (χ1v) is 4.80. The first-order valence-electron chi connectivity index (χ1n) is 4.80. The summed E-state index contributed by atoms with van der Waals surface area (Å²) >= 11 is 0. The molecule has 82 valence electrons. The molecular formula is C11H11N3O2. The van der Waals surface area contributed by atoms with Gasteiger partial charge in [0.1, 0.15) is 0 Å². The van der Waals surface area contributed by atoms with Crippen LogP contribution in [0.1, 0.15) is 18.5 Å². The molecule has 1 rings (SSSR count). The van der Waals surface area contributed by atoms with Gasteiger partial charge in [0.15, 0.2) is 6.04 Å². The maximum absolute atomic E-state index is 11.6. The molecule has 1 unspecified atom stereocenters. The SMILES string of the molecule is CCOC(=O)C(N=NC#N)c1ccccc1. The fraction of sp³-hybridized carbons (Fsp3) is 0.273. The van der Waals surface area contributed by atoms with E-state index in [2.05, 4.69) is 10.2 Å². The standard InChI is InChI=1S/C11H11N3O2/c1-2-16-11(15)10(14-13-8-12)9-6-4-3-5-7-9/h3-7,10H,2H2,1H3. The normalized spacial score (nSPS) is 12.0. The second kappa shape index (κ2) is 6.30. The van der Waals surface area contributed by atoms with Gasteiger partial charge in [0.05, 0.1) is 6.61 Å². The second-order valence-electron chi connectivity index (χ2n) is 2.88. The van der Waals surface area contributed by atoms with Crippen molar-refractivity contribution in [3.63, 3.8) is 0 Å². The smallest absolute Gasteiger partial charge is 0.337 e. The van der Waals surface area contributed by atoms with Gasteiger partial charge >= 0.3 is 5.97 Å². The predicted molar refractivity (Wildman–Crippen MR) is 56.3 cm³/mol. The van der Waals surface area contributed by atoms with Crippen LogP contribution in [0.2, 0.25) is 0 Å². The maximum atomic E-state index is 11.6. The summed E-state index contributed by atoms with van der Waals surface area (Å²) in [4.78, 5) is 11.6. The van der Waals surface area contributed by atoms with Gasteiger partial charge in [-0.1, -0.05) is 35.4 Å². The Morgan fingerprint density at radius 3 is 2.75 bits per heavy atom. The Morgan fingerprint density at radius 2 is 2.19 bits per heavy atom. The Hall–Kier alpha value is -2.22. The van der Waals surface area contributed by atoms with Crippen molar-refractivity contribution in [1.82, 2.24) is 0 Å². The summed E-state index contributed by atoms with van der Waals surface area (Å²) in [5.41, 5.74) is 0.653. The minimum atomic E-state index is -0.860. The van der Waals surface area contributed by atoms with Crippen molar-refractivity contribution in [2.24, 2.45) is 10.2 Å². The van der Waals surface area contributed by atoms with Crippen LogP contribution in [0.4, 0.5) is 0 Å². The topological polar surface area (TPSA) is 74.8 Å². The molecular weight excluding hydrogens is 206 g/mol. The summed E-state index contributed by atoms with van der Waals surface area (Å²) in [6.07, 6.45) is 1.52. The van der Waals surface area contributed by atoms with Gasteiger partial charge in [-0.3, -0.25) is 0 Å². The summed E-state index contributed by atoms with van der Waals surface area (Å²) in [5.74, 6) is -0.507. The molecule has 0 N–H and O–H groups in total. The van der Waals surface area contributed by atoms with Crippen LogP contribution < -0.4 is 0 Å². The zero-order valence-electron chi connectivity index (χ0n) is 8.83. The van der Waals surface area contributed by atoms with E-state index in [-0.39, 0.29) is 6.61 Å². The summed E-state index contributed by atoms with van der Waals surface area (Å²) in [6, 6.07) is 8.00. The number of esters is 1. The van der Waals surface area contributed by atoms with Gasteiger partial charge in [-0.2, -0.15) is 10.4 Å². The molecule has 5 heteroatoms. The van der Waals surface area contributed by atoms with E-state index in [1.165, 1.54) is 6.19 Å². The number of rotatable bonds is 4. The summed E-state index contributed by atoms with van der Waals surface area (Å²) in [7, 11) is 0. The van der Waals surface area contributed by atoms with Gasteiger partial charge < -0.3 is 4.74 Å². The van der Waals surface area contributed by atoms with Crippen LogP contribution in [0.15, 0.2) is 40.6 Å². The molecule has 5 nitrogen and oxygen atoms in total. The molecule has 0 spiro atoms. The summed E-state index contributed by atoms with van der Waals surface area (Å²) in [6.45, 7) is 1.98.